The number of hydrogen-bond donors (Lipinski definition) is 3. The summed E-state index contributed by atoms with van der Waals surface area (Å²) in [4.78, 5) is 39.7. The molecule has 0 saturated carbocycles. The fraction of sp³-hybridized carbons (Fsp3) is 0.320. The monoisotopic (exact) mass is 463 g/mol. The summed E-state index contributed by atoms with van der Waals surface area (Å²) in [5.74, 6) is -1.01. The van der Waals surface area contributed by atoms with Crippen molar-refractivity contribution in [2.24, 2.45) is 0 Å². The highest BCUT2D eigenvalue weighted by Gasteiger charge is 2.30. The molecule has 0 radical (unpaired) electrons. The molecule has 0 spiro atoms. The Morgan fingerprint density at radius 2 is 1.88 bits per heavy atom. The van der Waals surface area contributed by atoms with Gasteiger partial charge < -0.3 is 20.7 Å². The van der Waals surface area contributed by atoms with Crippen LogP contribution in [-0.2, 0) is 27.2 Å². The maximum absolute atomic E-state index is 13.0. The minimum Gasteiger partial charge on any atom is -0.462 e. The van der Waals surface area contributed by atoms with E-state index in [1.54, 1.807) is 6.92 Å². The number of nitrogens with one attached hydrogen (secondary N) is 3. The molecule has 1 aliphatic carbocycles. The average Bonchev–Trinajstić information content (AvgIpc) is 3.10. The minimum atomic E-state index is -0.747. The molecule has 1 aliphatic heterocycles. The van der Waals surface area contributed by atoms with Crippen molar-refractivity contribution in [2.75, 3.05) is 22.6 Å². The van der Waals surface area contributed by atoms with Gasteiger partial charge in [0.05, 0.1) is 24.3 Å². The van der Waals surface area contributed by atoms with Crippen molar-refractivity contribution in [2.45, 2.75) is 45.1 Å². The molecule has 0 bridgehead atoms. The number of thiophene rings is 1. The highest BCUT2D eigenvalue weighted by molar-refractivity contribution is 7.17. The molecule has 2 heterocycles. The van der Waals surface area contributed by atoms with Gasteiger partial charge in [0.2, 0.25) is 11.8 Å². The van der Waals surface area contributed by atoms with E-state index in [-0.39, 0.29) is 24.8 Å². The quantitative estimate of drug-likeness (QED) is 0.476. The second kappa shape index (κ2) is 8.86. The van der Waals surface area contributed by atoms with E-state index in [2.05, 4.69) is 16.0 Å². The first-order chi connectivity index (χ1) is 16.0. The van der Waals surface area contributed by atoms with Crippen molar-refractivity contribution in [3.63, 3.8) is 0 Å². The van der Waals surface area contributed by atoms with Crippen molar-refractivity contribution >= 4 is 56.3 Å². The summed E-state index contributed by atoms with van der Waals surface area (Å²) >= 11 is 1.44. The van der Waals surface area contributed by atoms with Crippen LogP contribution in [0.3, 0.4) is 0 Å². The Kier molecular flexibility index (Phi) is 5.76. The minimum absolute atomic E-state index is 0.0684. The summed E-state index contributed by atoms with van der Waals surface area (Å²) in [7, 11) is 0. The first kappa shape index (κ1) is 21.5. The van der Waals surface area contributed by atoms with Gasteiger partial charge in [0.1, 0.15) is 11.0 Å². The topological polar surface area (TPSA) is 96.5 Å². The van der Waals surface area contributed by atoms with Crippen LogP contribution < -0.4 is 16.0 Å². The number of esters is 1. The van der Waals surface area contributed by atoms with E-state index in [9.17, 15) is 14.4 Å². The van der Waals surface area contributed by atoms with E-state index in [1.807, 2.05) is 36.4 Å². The van der Waals surface area contributed by atoms with Crippen LogP contribution in [0.4, 0.5) is 16.4 Å². The van der Waals surface area contributed by atoms with Crippen LogP contribution in [-0.4, -0.2) is 30.4 Å². The molecule has 33 heavy (non-hydrogen) atoms. The van der Waals surface area contributed by atoms with Crippen molar-refractivity contribution in [3.05, 3.63) is 52.4 Å². The fourth-order valence-electron chi connectivity index (χ4n) is 4.62. The molecule has 1 atom stereocenters. The number of anilines is 3. The molecule has 5 rings (SSSR count). The predicted molar refractivity (Wildman–Crippen MR) is 130 cm³/mol. The molecule has 2 amide bonds. The third kappa shape index (κ3) is 4.06. The fourth-order valence-corrected chi connectivity index (χ4v) is 5.91. The maximum Gasteiger partial charge on any atom is 0.341 e. The Balaban J connectivity index is 1.38. The summed E-state index contributed by atoms with van der Waals surface area (Å²) in [5.41, 5.74) is 2.99. The van der Waals surface area contributed by atoms with Gasteiger partial charge in [0.15, 0.2) is 0 Å². The predicted octanol–water partition coefficient (Wildman–Crippen LogP) is 4.72. The van der Waals surface area contributed by atoms with E-state index < -0.39 is 12.0 Å². The van der Waals surface area contributed by atoms with Crippen molar-refractivity contribution in [1.29, 1.82) is 0 Å². The number of carbonyl (C=O) groups excluding carboxylic acids is 3. The zero-order chi connectivity index (χ0) is 22.9. The van der Waals surface area contributed by atoms with Crippen molar-refractivity contribution in [3.8, 4) is 0 Å². The zero-order valence-electron chi connectivity index (χ0n) is 18.3. The second-order valence-electron chi connectivity index (χ2n) is 8.28. The number of fused-ring (bicyclic) bond motifs is 1. The lowest BCUT2D eigenvalue weighted by Gasteiger charge is -2.16. The Labute approximate surface area is 195 Å². The van der Waals surface area contributed by atoms with Crippen LogP contribution >= 0.6 is 11.3 Å². The van der Waals surface area contributed by atoms with E-state index in [4.69, 9.17) is 4.74 Å². The molecule has 0 unspecified atom stereocenters. The first-order valence-electron chi connectivity index (χ1n) is 11.3. The van der Waals surface area contributed by atoms with Gasteiger partial charge in [-0.3, -0.25) is 9.59 Å². The Morgan fingerprint density at radius 1 is 1.12 bits per heavy atom. The molecule has 0 saturated heterocycles. The van der Waals surface area contributed by atoms with Gasteiger partial charge in [-0.05, 0) is 55.7 Å². The lowest BCUT2D eigenvalue weighted by molar-refractivity contribution is -0.121. The van der Waals surface area contributed by atoms with Crippen molar-refractivity contribution in [1.82, 2.24) is 0 Å². The van der Waals surface area contributed by atoms with E-state index in [0.29, 0.717) is 10.6 Å². The van der Waals surface area contributed by atoms with E-state index >= 15 is 0 Å². The Morgan fingerprint density at radius 3 is 2.67 bits per heavy atom. The number of ether oxygens (including phenoxy) is 1. The van der Waals surface area contributed by atoms with Crippen molar-refractivity contribution < 1.29 is 19.1 Å². The number of hydrogen-bond acceptors (Lipinski definition) is 6. The molecule has 3 aromatic rings. The molecule has 8 heteroatoms. The van der Waals surface area contributed by atoms with Crippen LogP contribution in [0.2, 0.25) is 0 Å². The molecular weight excluding hydrogens is 438 g/mol. The van der Waals surface area contributed by atoms with Gasteiger partial charge in [-0.15, -0.1) is 11.3 Å². The number of benzene rings is 2. The smallest absolute Gasteiger partial charge is 0.341 e. The first-order valence-corrected chi connectivity index (χ1v) is 12.1. The third-order valence-electron chi connectivity index (χ3n) is 6.10. The van der Waals surface area contributed by atoms with Crippen LogP contribution in [0.25, 0.3) is 10.8 Å². The lowest BCUT2D eigenvalue weighted by atomic mass is 9.95. The van der Waals surface area contributed by atoms with Gasteiger partial charge in [-0.2, -0.15) is 0 Å². The maximum atomic E-state index is 13.0. The Bertz CT molecular complexity index is 1260. The average molecular weight is 464 g/mol. The lowest BCUT2D eigenvalue weighted by Crippen LogP contribution is -2.36. The van der Waals surface area contributed by atoms with Crippen LogP contribution in [0.1, 0.15) is 47.0 Å². The van der Waals surface area contributed by atoms with Gasteiger partial charge in [-0.1, -0.05) is 24.3 Å². The molecule has 170 valence electrons. The summed E-state index contributed by atoms with van der Waals surface area (Å²) in [5, 5.41) is 11.5. The highest BCUT2D eigenvalue weighted by atomic mass is 32.1. The number of aryl methyl sites for hydroxylation is 1. The standard InChI is InChI=1S/C25H25N3O4S/c1-2-32-25(31)22-15-9-3-4-12-19(15)33-24(22)28-20(29)13-18-23(30)27-17-11-6-8-14-7-5-10-16(26-18)21(14)17/h5-8,10-11,18,26H,2-4,9,12-13H2,1H3,(H,27,30)(H,28,29)/t18-/m1/s1. The second-order valence-corrected chi connectivity index (χ2v) is 9.39. The zero-order valence-corrected chi connectivity index (χ0v) is 19.1. The summed E-state index contributed by atoms with van der Waals surface area (Å²) < 4.78 is 5.27. The van der Waals surface area contributed by atoms with Gasteiger partial charge in [0, 0.05) is 16.0 Å². The molecule has 7 nitrogen and oxygen atoms in total. The van der Waals surface area contributed by atoms with E-state index in [0.717, 1.165) is 58.3 Å². The summed E-state index contributed by atoms with van der Waals surface area (Å²) in [6.07, 6.45) is 3.73. The van der Waals surface area contributed by atoms with Gasteiger partial charge in [-0.25, -0.2) is 4.79 Å². The highest BCUT2D eigenvalue weighted by Crippen LogP contribution is 2.39. The Hall–Kier alpha value is -3.39. The largest absolute Gasteiger partial charge is 0.462 e. The number of amides is 2. The molecule has 2 aliphatic rings. The summed E-state index contributed by atoms with van der Waals surface area (Å²) in [6.45, 7) is 2.04. The van der Waals surface area contributed by atoms with Crippen LogP contribution in [0.15, 0.2) is 36.4 Å². The molecule has 2 aromatic carbocycles. The van der Waals surface area contributed by atoms with Crippen LogP contribution in [0.5, 0.6) is 0 Å². The van der Waals surface area contributed by atoms with Crippen LogP contribution in [0, 0.1) is 0 Å². The van der Waals surface area contributed by atoms with Gasteiger partial charge >= 0.3 is 5.97 Å². The molecule has 0 fully saturated rings. The third-order valence-corrected chi connectivity index (χ3v) is 7.31. The number of rotatable bonds is 5. The number of carbonyl (C=O) groups is 3. The molecule has 3 N–H and O–H groups in total. The van der Waals surface area contributed by atoms with Gasteiger partial charge in [0.25, 0.3) is 0 Å². The normalized spacial score (nSPS) is 16.9. The SMILES string of the molecule is CCOC(=O)c1c(NC(=O)C[C@H]2Nc3cccc4cccc(c34)NC2=O)sc2c1CCCC2. The molecule has 1 aromatic heterocycles. The molecular formula is C25H25N3O4S. The van der Waals surface area contributed by atoms with E-state index in [1.165, 1.54) is 11.3 Å². The summed E-state index contributed by atoms with van der Waals surface area (Å²) in [6, 6.07) is 10.8.